The van der Waals surface area contributed by atoms with Gasteiger partial charge in [-0.15, -0.1) is 0 Å². The first-order valence-electron chi connectivity index (χ1n) is 7.52. The van der Waals surface area contributed by atoms with Gasteiger partial charge in [0.05, 0.1) is 12.5 Å². The van der Waals surface area contributed by atoms with Gasteiger partial charge in [-0.2, -0.15) is 0 Å². The van der Waals surface area contributed by atoms with E-state index in [1.165, 1.54) is 0 Å². The topological polar surface area (TPSA) is 49.4 Å². The van der Waals surface area contributed by atoms with Crippen LogP contribution in [0.5, 0.6) is 0 Å². The Balaban J connectivity index is 1.89. The van der Waals surface area contributed by atoms with Crippen LogP contribution in [0.4, 0.5) is 8.78 Å². The first-order valence-corrected chi connectivity index (χ1v) is 7.52. The minimum atomic E-state index is -3.06. The number of benzene rings is 1. The van der Waals surface area contributed by atoms with E-state index in [9.17, 15) is 18.4 Å². The summed E-state index contributed by atoms with van der Waals surface area (Å²) in [4.78, 5) is 24.7. The third kappa shape index (κ3) is 4.87. The Morgan fingerprint density at radius 2 is 2.04 bits per heavy atom. The number of hydrogen-bond donors (Lipinski definition) is 1. The van der Waals surface area contributed by atoms with E-state index in [0.717, 1.165) is 16.5 Å². The Labute approximate surface area is 134 Å². The Morgan fingerprint density at radius 3 is 2.70 bits per heavy atom. The number of rotatable bonds is 5. The number of halogens is 2. The normalized spacial score (nSPS) is 19.9. The molecule has 1 heterocycles. The zero-order valence-electron chi connectivity index (χ0n) is 12.8. The van der Waals surface area contributed by atoms with Gasteiger partial charge in [-0.05, 0) is 18.1 Å². The Hall–Kier alpha value is -2.24. The van der Waals surface area contributed by atoms with Crippen molar-refractivity contribution in [3.63, 3.8) is 0 Å². The molecule has 6 heteroatoms. The van der Waals surface area contributed by atoms with Crippen molar-refractivity contribution in [1.82, 2.24) is 10.2 Å². The van der Waals surface area contributed by atoms with Crippen LogP contribution in [0.3, 0.4) is 0 Å². The molecule has 23 heavy (non-hydrogen) atoms. The van der Waals surface area contributed by atoms with Crippen molar-refractivity contribution in [2.45, 2.75) is 18.8 Å². The molecule has 0 aliphatic carbocycles. The molecule has 1 aliphatic heterocycles. The molecule has 1 unspecified atom stereocenters. The number of piperidine rings is 1. The van der Waals surface area contributed by atoms with Crippen LogP contribution < -0.4 is 5.32 Å². The highest BCUT2D eigenvalue weighted by Crippen LogP contribution is 2.30. The van der Waals surface area contributed by atoms with E-state index >= 15 is 0 Å². The lowest BCUT2D eigenvalue weighted by atomic mass is 9.94. The van der Waals surface area contributed by atoms with E-state index in [4.69, 9.17) is 0 Å². The Morgan fingerprint density at radius 1 is 1.35 bits per heavy atom. The average molecular weight is 322 g/mol. The zero-order valence-corrected chi connectivity index (χ0v) is 12.8. The third-order valence-corrected chi connectivity index (χ3v) is 3.82. The van der Waals surface area contributed by atoms with Gasteiger partial charge in [0.1, 0.15) is 0 Å². The van der Waals surface area contributed by atoms with Gasteiger partial charge < -0.3 is 10.2 Å². The van der Waals surface area contributed by atoms with Crippen LogP contribution in [-0.2, 0) is 16.0 Å². The monoisotopic (exact) mass is 322 g/mol. The van der Waals surface area contributed by atoms with E-state index in [2.05, 4.69) is 11.9 Å². The summed E-state index contributed by atoms with van der Waals surface area (Å²) >= 11 is 0. The number of nitrogens with one attached hydrogen (secondary N) is 1. The van der Waals surface area contributed by atoms with Crippen molar-refractivity contribution in [3.8, 4) is 0 Å². The second-order valence-corrected chi connectivity index (χ2v) is 5.71. The molecule has 2 rings (SSSR count). The first kappa shape index (κ1) is 17.1. The van der Waals surface area contributed by atoms with Crippen molar-refractivity contribution in [1.29, 1.82) is 0 Å². The molecule has 2 amide bonds. The molecule has 1 aliphatic rings. The average Bonchev–Trinajstić information content (AvgIpc) is 2.53. The van der Waals surface area contributed by atoms with Crippen LogP contribution in [0.15, 0.2) is 43.0 Å². The van der Waals surface area contributed by atoms with Crippen LogP contribution >= 0.6 is 0 Å². The van der Waals surface area contributed by atoms with Gasteiger partial charge in [-0.3, -0.25) is 9.59 Å². The molecular formula is C17H20F2N2O2. The number of likely N-dealkylation sites (tertiary alicyclic amines) is 1. The molecule has 1 atom stereocenters. The van der Waals surface area contributed by atoms with Crippen molar-refractivity contribution in [2.24, 2.45) is 5.92 Å². The smallest absolute Gasteiger partial charge is 0.266 e. The summed E-state index contributed by atoms with van der Waals surface area (Å²) in [6.45, 7) is 3.01. The van der Waals surface area contributed by atoms with Crippen LogP contribution in [0, 0.1) is 5.92 Å². The Kier molecular flexibility index (Phi) is 5.47. The molecule has 0 radical (unpaired) electrons. The molecule has 1 N–H and O–H groups in total. The lowest BCUT2D eigenvalue weighted by Gasteiger charge is -2.36. The van der Waals surface area contributed by atoms with Gasteiger partial charge >= 0.3 is 0 Å². The maximum atomic E-state index is 13.7. The quantitative estimate of drug-likeness (QED) is 0.843. The van der Waals surface area contributed by atoms with E-state index in [0.29, 0.717) is 13.0 Å². The van der Waals surface area contributed by atoms with Gasteiger partial charge in [-0.1, -0.05) is 36.9 Å². The Bertz CT molecular complexity index is 575. The predicted molar refractivity (Wildman–Crippen MR) is 83.0 cm³/mol. The van der Waals surface area contributed by atoms with E-state index < -0.39 is 36.6 Å². The third-order valence-electron chi connectivity index (χ3n) is 3.82. The summed E-state index contributed by atoms with van der Waals surface area (Å²) in [5.74, 6) is -4.98. The molecule has 0 aromatic heterocycles. The van der Waals surface area contributed by atoms with Crippen LogP contribution in [0.2, 0.25) is 0 Å². The highest BCUT2D eigenvalue weighted by atomic mass is 19.3. The zero-order chi connectivity index (χ0) is 16.9. The lowest BCUT2D eigenvalue weighted by Crippen LogP contribution is -2.53. The molecule has 124 valence electrons. The van der Waals surface area contributed by atoms with Crippen molar-refractivity contribution >= 4 is 11.8 Å². The van der Waals surface area contributed by atoms with Gasteiger partial charge in [0.2, 0.25) is 11.8 Å². The molecule has 0 spiro atoms. The molecule has 1 aromatic carbocycles. The van der Waals surface area contributed by atoms with E-state index in [-0.39, 0.29) is 6.54 Å². The minimum absolute atomic E-state index is 0.00237. The molecule has 1 aromatic rings. The predicted octanol–water partition coefficient (Wildman–Crippen LogP) is 2.02. The maximum Gasteiger partial charge on any atom is 0.266 e. The fraction of sp³-hybridized carbons (Fsp3) is 0.412. The summed E-state index contributed by atoms with van der Waals surface area (Å²) < 4.78 is 27.5. The summed E-state index contributed by atoms with van der Waals surface area (Å²) in [6, 6.07) is 9.57. The SMILES string of the molecule is C=CC(=O)N1CC(C(=O)NCCc2ccccc2)CC(F)(F)C1. The fourth-order valence-electron chi connectivity index (χ4n) is 2.69. The maximum absolute atomic E-state index is 13.7. The minimum Gasteiger partial charge on any atom is -0.355 e. The largest absolute Gasteiger partial charge is 0.355 e. The van der Waals surface area contributed by atoms with Gasteiger partial charge in [0.15, 0.2) is 0 Å². The molecule has 0 bridgehead atoms. The van der Waals surface area contributed by atoms with Crippen molar-refractivity contribution in [3.05, 3.63) is 48.6 Å². The van der Waals surface area contributed by atoms with Crippen LogP contribution in [0.1, 0.15) is 12.0 Å². The number of carbonyl (C=O) groups is 2. The molecular weight excluding hydrogens is 302 g/mol. The highest BCUT2D eigenvalue weighted by molar-refractivity contribution is 5.88. The number of nitrogens with zero attached hydrogens (tertiary/aromatic N) is 1. The van der Waals surface area contributed by atoms with Crippen molar-refractivity contribution in [2.75, 3.05) is 19.6 Å². The molecule has 0 saturated carbocycles. The van der Waals surface area contributed by atoms with E-state index in [1.54, 1.807) is 0 Å². The van der Waals surface area contributed by atoms with Gasteiger partial charge in [-0.25, -0.2) is 8.78 Å². The number of hydrogen-bond acceptors (Lipinski definition) is 2. The van der Waals surface area contributed by atoms with Crippen LogP contribution in [-0.4, -0.2) is 42.3 Å². The summed E-state index contributed by atoms with van der Waals surface area (Å²) in [7, 11) is 0. The van der Waals surface area contributed by atoms with Crippen molar-refractivity contribution < 1.29 is 18.4 Å². The summed E-state index contributed by atoms with van der Waals surface area (Å²) in [6.07, 6.45) is 1.09. The molecule has 1 saturated heterocycles. The standard InChI is InChI=1S/C17H20F2N2O2/c1-2-15(22)21-11-14(10-17(18,19)12-21)16(23)20-9-8-13-6-4-3-5-7-13/h2-7,14H,1,8-12H2,(H,20,23). The molecule has 4 nitrogen and oxygen atoms in total. The summed E-state index contributed by atoms with van der Waals surface area (Å²) in [5.41, 5.74) is 1.06. The number of alkyl halides is 2. The first-order chi connectivity index (χ1) is 10.9. The lowest BCUT2D eigenvalue weighted by molar-refractivity contribution is -0.147. The summed E-state index contributed by atoms with van der Waals surface area (Å²) in [5, 5.41) is 2.68. The number of carbonyl (C=O) groups excluding carboxylic acids is 2. The van der Waals surface area contributed by atoms with Crippen LogP contribution in [0.25, 0.3) is 0 Å². The second-order valence-electron chi connectivity index (χ2n) is 5.71. The van der Waals surface area contributed by atoms with E-state index in [1.807, 2.05) is 30.3 Å². The van der Waals surface area contributed by atoms with Gasteiger partial charge in [0, 0.05) is 19.5 Å². The number of amides is 2. The second kappa shape index (κ2) is 7.35. The molecule has 1 fully saturated rings. The van der Waals surface area contributed by atoms with Gasteiger partial charge in [0.25, 0.3) is 5.92 Å². The highest BCUT2D eigenvalue weighted by Gasteiger charge is 2.43. The fourth-order valence-corrected chi connectivity index (χ4v) is 2.69.